The maximum atomic E-state index is 13.1. The summed E-state index contributed by atoms with van der Waals surface area (Å²) in [6.45, 7) is 6.89. The average molecular weight is 281 g/mol. The van der Waals surface area contributed by atoms with Gasteiger partial charge in [-0.1, -0.05) is 6.92 Å². The van der Waals surface area contributed by atoms with Crippen LogP contribution in [0, 0.1) is 5.82 Å². The molecule has 0 bridgehead atoms. The third kappa shape index (κ3) is 4.64. The van der Waals surface area contributed by atoms with Gasteiger partial charge in [0.05, 0.1) is 5.56 Å². The first kappa shape index (κ1) is 16.1. The Hall–Kier alpha value is -1.91. The van der Waals surface area contributed by atoms with Crippen molar-refractivity contribution in [1.82, 2.24) is 5.32 Å². The van der Waals surface area contributed by atoms with Crippen LogP contribution >= 0.6 is 0 Å². The molecule has 5 heteroatoms. The van der Waals surface area contributed by atoms with Gasteiger partial charge < -0.3 is 10.1 Å². The summed E-state index contributed by atoms with van der Waals surface area (Å²) in [4.78, 5) is 23.1. The van der Waals surface area contributed by atoms with Crippen LogP contribution in [0.2, 0.25) is 0 Å². The Morgan fingerprint density at radius 2 is 2.00 bits per heavy atom. The molecule has 1 N–H and O–H groups in total. The minimum atomic E-state index is -0.515. The number of hydrogen-bond acceptors (Lipinski definition) is 3. The molecule has 0 radical (unpaired) electrons. The van der Waals surface area contributed by atoms with Crippen LogP contribution in [0.15, 0.2) is 18.2 Å². The molecule has 110 valence electrons. The van der Waals surface area contributed by atoms with Crippen molar-refractivity contribution in [2.75, 3.05) is 6.61 Å². The highest BCUT2D eigenvalue weighted by atomic mass is 19.1. The number of Topliss-reactive ketones (excluding diaryl/α,β-unsaturated/α-hetero) is 1. The second kappa shape index (κ2) is 6.50. The molecular formula is C15H20FNO3. The van der Waals surface area contributed by atoms with Crippen LogP contribution in [0.1, 0.15) is 44.5 Å². The fourth-order valence-corrected chi connectivity index (χ4v) is 1.55. The van der Waals surface area contributed by atoms with E-state index in [1.165, 1.54) is 19.1 Å². The summed E-state index contributed by atoms with van der Waals surface area (Å²) < 4.78 is 18.4. The zero-order valence-electron chi connectivity index (χ0n) is 12.2. The zero-order chi connectivity index (χ0) is 15.3. The van der Waals surface area contributed by atoms with E-state index < -0.39 is 5.82 Å². The highest BCUT2D eigenvalue weighted by molar-refractivity contribution is 5.96. The number of carbonyl (C=O) groups is 2. The molecule has 20 heavy (non-hydrogen) atoms. The van der Waals surface area contributed by atoms with Crippen LogP contribution in [-0.4, -0.2) is 23.8 Å². The first-order valence-electron chi connectivity index (χ1n) is 6.49. The summed E-state index contributed by atoms with van der Waals surface area (Å²) in [5.41, 5.74) is -0.181. The number of rotatable bonds is 6. The van der Waals surface area contributed by atoms with Crippen molar-refractivity contribution in [3.63, 3.8) is 0 Å². The number of carbonyl (C=O) groups excluding carboxylic acids is 2. The van der Waals surface area contributed by atoms with Gasteiger partial charge in [-0.25, -0.2) is 4.39 Å². The van der Waals surface area contributed by atoms with Crippen molar-refractivity contribution in [1.29, 1.82) is 0 Å². The summed E-state index contributed by atoms with van der Waals surface area (Å²) in [5.74, 6) is -0.896. The second-order valence-electron chi connectivity index (χ2n) is 5.27. The average Bonchev–Trinajstić information content (AvgIpc) is 2.36. The summed E-state index contributed by atoms with van der Waals surface area (Å²) in [7, 11) is 0. The SMILES string of the molecule is CCC(C)(C)NC(=O)COc1ccc(F)cc1C(C)=O. The van der Waals surface area contributed by atoms with Gasteiger partial charge in [-0.05, 0) is 45.4 Å². The third-order valence-corrected chi connectivity index (χ3v) is 3.04. The second-order valence-corrected chi connectivity index (χ2v) is 5.27. The first-order valence-corrected chi connectivity index (χ1v) is 6.49. The largest absolute Gasteiger partial charge is 0.483 e. The monoisotopic (exact) mass is 281 g/mol. The van der Waals surface area contributed by atoms with Crippen LogP contribution < -0.4 is 10.1 Å². The topological polar surface area (TPSA) is 55.4 Å². The summed E-state index contributed by atoms with van der Waals surface area (Å²) in [6.07, 6.45) is 0.786. The lowest BCUT2D eigenvalue weighted by Gasteiger charge is -2.24. The number of nitrogens with one attached hydrogen (secondary N) is 1. The smallest absolute Gasteiger partial charge is 0.258 e. The lowest BCUT2D eigenvalue weighted by atomic mass is 10.0. The summed E-state index contributed by atoms with van der Waals surface area (Å²) >= 11 is 0. The zero-order valence-corrected chi connectivity index (χ0v) is 12.2. The molecule has 0 saturated carbocycles. The Kier molecular flexibility index (Phi) is 5.25. The molecule has 0 aliphatic heterocycles. The molecule has 0 aliphatic rings. The molecule has 0 aliphatic carbocycles. The van der Waals surface area contributed by atoms with Gasteiger partial charge in [0, 0.05) is 5.54 Å². The minimum absolute atomic E-state index is 0.132. The lowest BCUT2D eigenvalue weighted by Crippen LogP contribution is -2.44. The van der Waals surface area contributed by atoms with Crippen LogP contribution in [0.3, 0.4) is 0 Å². The summed E-state index contributed by atoms with van der Waals surface area (Å²) in [5, 5.41) is 2.81. The van der Waals surface area contributed by atoms with E-state index >= 15 is 0 Å². The maximum Gasteiger partial charge on any atom is 0.258 e. The van der Waals surface area contributed by atoms with Gasteiger partial charge in [-0.2, -0.15) is 0 Å². The van der Waals surface area contributed by atoms with Crippen LogP contribution in [0.5, 0.6) is 5.75 Å². The first-order chi connectivity index (χ1) is 9.25. The molecule has 0 aromatic heterocycles. The normalized spacial score (nSPS) is 11.1. The molecule has 0 atom stereocenters. The Morgan fingerprint density at radius 3 is 2.55 bits per heavy atom. The highest BCUT2D eigenvalue weighted by Gasteiger charge is 2.18. The number of hydrogen-bond donors (Lipinski definition) is 1. The molecule has 0 spiro atoms. The van der Waals surface area contributed by atoms with E-state index in [9.17, 15) is 14.0 Å². The summed E-state index contributed by atoms with van der Waals surface area (Å²) in [6, 6.07) is 3.64. The standard InChI is InChI=1S/C15H20FNO3/c1-5-15(3,4)17-14(19)9-20-13-7-6-11(16)8-12(13)10(2)18/h6-8H,5,9H2,1-4H3,(H,17,19). The molecule has 1 amide bonds. The van der Waals surface area contributed by atoms with Crippen molar-refractivity contribution in [3.05, 3.63) is 29.6 Å². The fraction of sp³-hybridized carbons (Fsp3) is 0.467. The number of benzene rings is 1. The predicted molar refractivity (Wildman–Crippen MR) is 74.4 cm³/mol. The Labute approximate surface area is 118 Å². The predicted octanol–water partition coefficient (Wildman–Crippen LogP) is 2.71. The number of amides is 1. The van der Waals surface area contributed by atoms with Crippen LogP contribution in [0.4, 0.5) is 4.39 Å². The Bertz CT molecular complexity index is 512. The van der Waals surface area contributed by atoms with Crippen molar-refractivity contribution in [3.8, 4) is 5.75 Å². The Balaban J connectivity index is 2.71. The van der Waals surface area contributed by atoms with E-state index in [1.807, 2.05) is 20.8 Å². The van der Waals surface area contributed by atoms with E-state index in [2.05, 4.69) is 5.32 Å². The van der Waals surface area contributed by atoms with E-state index in [4.69, 9.17) is 4.74 Å². The van der Waals surface area contributed by atoms with Crippen molar-refractivity contribution >= 4 is 11.7 Å². The Morgan fingerprint density at radius 1 is 1.35 bits per heavy atom. The number of ketones is 1. The van der Waals surface area contributed by atoms with E-state index in [-0.39, 0.29) is 35.1 Å². The molecule has 0 fully saturated rings. The molecule has 1 rings (SSSR count). The quantitative estimate of drug-likeness (QED) is 0.816. The molecule has 1 aromatic rings. The van der Waals surface area contributed by atoms with E-state index in [0.717, 1.165) is 12.5 Å². The van der Waals surface area contributed by atoms with Crippen LogP contribution in [0.25, 0.3) is 0 Å². The molecule has 4 nitrogen and oxygen atoms in total. The van der Waals surface area contributed by atoms with Gasteiger partial charge in [0.15, 0.2) is 12.4 Å². The molecule has 1 aromatic carbocycles. The molecule has 0 saturated heterocycles. The van der Waals surface area contributed by atoms with Crippen LogP contribution in [-0.2, 0) is 4.79 Å². The minimum Gasteiger partial charge on any atom is -0.483 e. The number of ether oxygens (including phenoxy) is 1. The van der Waals surface area contributed by atoms with Crippen molar-refractivity contribution in [2.24, 2.45) is 0 Å². The number of halogens is 1. The fourth-order valence-electron chi connectivity index (χ4n) is 1.55. The molecule has 0 heterocycles. The van der Waals surface area contributed by atoms with E-state index in [1.54, 1.807) is 0 Å². The van der Waals surface area contributed by atoms with Gasteiger partial charge in [0.25, 0.3) is 5.91 Å². The highest BCUT2D eigenvalue weighted by Crippen LogP contribution is 2.20. The molecular weight excluding hydrogens is 261 g/mol. The molecule has 0 unspecified atom stereocenters. The van der Waals surface area contributed by atoms with Gasteiger partial charge >= 0.3 is 0 Å². The van der Waals surface area contributed by atoms with Gasteiger partial charge in [0.2, 0.25) is 0 Å². The lowest BCUT2D eigenvalue weighted by molar-refractivity contribution is -0.124. The van der Waals surface area contributed by atoms with Gasteiger partial charge in [-0.3, -0.25) is 9.59 Å². The van der Waals surface area contributed by atoms with Crippen molar-refractivity contribution < 1.29 is 18.7 Å². The van der Waals surface area contributed by atoms with Crippen molar-refractivity contribution in [2.45, 2.75) is 39.7 Å². The van der Waals surface area contributed by atoms with Gasteiger partial charge in [0.1, 0.15) is 11.6 Å². The van der Waals surface area contributed by atoms with E-state index in [0.29, 0.717) is 0 Å². The third-order valence-electron chi connectivity index (χ3n) is 3.04. The van der Waals surface area contributed by atoms with Gasteiger partial charge in [-0.15, -0.1) is 0 Å². The maximum absolute atomic E-state index is 13.1.